The zero-order chi connectivity index (χ0) is 14.7. The van der Waals surface area contributed by atoms with Crippen molar-refractivity contribution in [2.24, 2.45) is 0 Å². The van der Waals surface area contributed by atoms with Gasteiger partial charge in [-0.3, -0.25) is 4.79 Å². The first kappa shape index (κ1) is 14.6. The molecular formula is C15H18ClN3O. The molecular weight excluding hydrogens is 274 g/mol. The van der Waals surface area contributed by atoms with Crippen molar-refractivity contribution >= 4 is 17.5 Å². The van der Waals surface area contributed by atoms with Gasteiger partial charge in [0.1, 0.15) is 0 Å². The molecule has 4 nitrogen and oxygen atoms in total. The molecule has 5 heteroatoms. The van der Waals surface area contributed by atoms with E-state index >= 15 is 0 Å². The highest BCUT2D eigenvalue weighted by Gasteiger charge is 2.14. The minimum absolute atomic E-state index is 0.142. The number of amides is 1. The fraction of sp³-hybridized carbons (Fsp3) is 0.333. The summed E-state index contributed by atoms with van der Waals surface area (Å²) >= 11 is 5.87. The van der Waals surface area contributed by atoms with Gasteiger partial charge >= 0.3 is 0 Å². The van der Waals surface area contributed by atoms with Crippen LogP contribution in [0.15, 0.2) is 30.3 Å². The zero-order valence-corrected chi connectivity index (χ0v) is 12.6. The molecule has 1 N–H and O–H groups in total. The highest BCUT2D eigenvalue weighted by molar-refractivity contribution is 6.30. The van der Waals surface area contributed by atoms with Gasteiger partial charge in [-0.1, -0.05) is 18.5 Å². The Kier molecular flexibility index (Phi) is 4.45. The second-order valence-corrected chi connectivity index (χ2v) is 5.28. The molecule has 0 aliphatic heterocycles. The number of nitrogens with one attached hydrogen (secondary N) is 1. The molecule has 0 aliphatic carbocycles. The summed E-state index contributed by atoms with van der Waals surface area (Å²) in [4.78, 5) is 12.1. The van der Waals surface area contributed by atoms with Crippen molar-refractivity contribution in [1.82, 2.24) is 15.1 Å². The lowest BCUT2D eigenvalue weighted by molar-refractivity contribution is 0.0934. The van der Waals surface area contributed by atoms with E-state index in [1.54, 1.807) is 22.9 Å². The van der Waals surface area contributed by atoms with Gasteiger partial charge in [-0.2, -0.15) is 5.10 Å². The average molecular weight is 292 g/mol. The fourth-order valence-electron chi connectivity index (χ4n) is 1.83. The van der Waals surface area contributed by atoms with Gasteiger partial charge < -0.3 is 5.32 Å². The van der Waals surface area contributed by atoms with Crippen LogP contribution in [0.2, 0.25) is 5.02 Å². The SMILES string of the molecule is CCC(C)NC(=O)c1cc(C)n(-c2ccc(Cl)cc2)n1. The Hall–Kier alpha value is -1.81. The first-order chi connectivity index (χ1) is 9.51. The third-order valence-corrected chi connectivity index (χ3v) is 3.43. The zero-order valence-electron chi connectivity index (χ0n) is 11.9. The lowest BCUT2D eigenvalue weighted by atomic mass is 10.2. The van der Waals surface area contributed by atoms with Gasteiger partial charge in [0.2, 0.25) is 0 Å². The molecule has 1 heterocycles. The first-order valence-corrected chi connectivity index (χ1v) is 7.02. The fourth-order valence-corrected chi connectivity index (χ4v) is 1.95. The summed E-state index contributed by atoms with van der Waals surface area (Å²) < 4.78 is 1.74. The lowest BCUT2D eigenvalue weighted by Gasteiger charge is -2.09. The van der Waals surface area contributed by atoms with E-state index in [-0.39, 0.29) is 11.9 Å². The Balaban J connectivity index is 2.25. The summed E-state index contributed by atoms with van der Waals surface area (Å²) in [6.45, 7) is 5.92. The molecule has 106 valence electrons. The molecule has 1 amide bonds. The highest BCUT2D eigenvalue weighted by atomic mass is 35.5. The van der Waals surface area contributed by atoms with E-state index in [0.717, 1.165) is 17.8 Å². The smallest absolute Gasteiger partial charge is 0.272 e. The second kappa shape index (κ2) is 6.09. The van der Waals surface area contributed by atoms with Crippen LogP contribution < -0.4 is 5.32 Å². The Morgan fingerprint density at radius 3 is 2.65 bits per heavy atom. The molecule has 1 aromatic heterocycles. The third-order valence-electron chi connectivity index (χ3n) is 3.18. The minimum Gasteiger partial charge on any atom is -0.348 e. The van der Waals surface area contributed by atoms with Crippen LogP contribution in [-0.4, -0.2) is 21.7 Å². The normalized spacial score (nSPS) is 12.2. The van der Waals surface area contributed by atoms with Crippen LogP contribution in [-0.2, 0) is 0 Å². The Morgan fingerprint density at radius 2 is 2.05 bits per heavy atom. The van der Waals surface area contributed by atoms with Gasteiger partial charge in [-0.25, -0.2) is 4.68 Å². The van der Waals surface area contributed by atoms with Gasteiger partial charge in [-0.15, -0.1) is 0 Å². The monoisotopic (exact) mass is 291 g/mol. The molecule has 2 aromatic rings. The molecule has 0 saturated heterocycles. The van der Waals surface area contributed by atoms with Crippen molar-refractivity contribution in [3.05, 3.63) is 46.7 Å². The summed E-state index contributed by atoms with van der Waals surface area (Å²) in [7, 11) is 0. The molecule has 0 spiro atoms. The second-order valence-electron chi connectivity index (χ2n) is 4.84. The van der Waals surface area contributed by atoms with E-state index in [9.17, 15) is 4.79 Å². The average Bonchev–Trinajstić information content (AvgIpc) is 2.81. The van der Waals surface area contributed by atoms with E-state index in [1.807, 2.05) is 32.9 Å². The maximum atomic E-state index is 12.1. The number of carbonyl (C=O) groups excluding carboxylic acids is 1. The molecule has 0 bridgehead atoms. The molecule has 1 unspecified atom stereocenters. The number of aryl methyl sites for hydroxylation is 1. The van der Waals surface area contributed by atoms with Crippen molar-refractivity contribution in [2.45, 2.75) is 33.2 Å². The van der Waals surface area contributed by atoms with Crippen LogP contribution in [0, 0.1) is 6.92 Å². The third kappa shape index (κ3) is 3.20. The first-order valence-electron chi connectivity index (χ1n) is 6.64. The molecule has 20 heavy (non-hydrogen) atoms. The van der Waals surface area contributed by atoms with E-state index in [0.29, 0.717) is 10.7 Å². The number of aromatic nitrogens is 2. The number of nitrogens with zero attached hydrogens (tertiary/aromatic N) is 2. The van der Waals surface area contributed by atoms with Crippen molar-refractivity contribution in [1.29, 1.82) is 0 Å². The summed E-state index contributed by atoms with van der Waals surface area (Å²) in [5.41, 5.74) is 2.22. The molecule has 0 aliphatic rings. The maximum Gasteiger partial charge on any atom is 0.272 e. The lowest BCUT2D eigenvalue weighted by Crippen LogP contribution is -2.32. The maximum absolute atomic E-state index is 12.1. The predicted octanol–water partition coefficient (Wildman–Crippen LogP) is 3.36. The van der Waals surface area contributed by atoms with Crippen LogP contribution in [0.1, 0.15) is 36.5 Å². The molecule has 2 rings (SSSR count). The summed E-state index contributed by atoms with van der Waals surface area (Å²) in [5, 5.41) is 7.94. The summed E-state index contributed by atoms with van der Waals surface area (Å²) in [6, 6.07) is 9.28. The predicted molar refractivity (Wildman–Crippen MR) is 80.5 cm³/mol. The topological polar surface area (TPSA) is 46.9 Å². The van der Waals surface area contributed by atoms with E-state index in [4.69, 9.17) is 11.6 Å². The van der Waals surface area contributed by atoms with E-state index in [1.165, 1.54) is 0 Å². The minimum atomic E-state index is -0.143. The summed E-state index contributed by atoms with van der Waals surface area (Å²) in [6.07, 6.45) is 0.891. The highest BCUT2D eigenvalue weighted by Crippen LogP contribution is 2.15. The Morgan fingerprint density at radius 1 is 1.40 bits per heavy atom. The molecule has 0 fully saturated rings. The molecule has 0 saturated carbocycles. The van der Waals surface area contributed by atoms with Crippen LogP contribution >= 0.6 is 11.6 Å². The number of benzene rings is 1. The Labute approximate surface area is 123 Å². The van der Waals surface area contributed by atoms with Crippen LogP contribution in [0.25, 0.3) is 5.69 Å². The van der Waals surface area contributed by atoms with Crippen LogP contribution in [0.5, 0.6) is 0 Å². The molecule has 1 atom stereocenters. The standard InChI is InChI=1S/C15H18ClN3O/c1-4-10(2)17-15(20)14-9-11(3)19(18-14)13-7-5-12(16)6-8-13/h5-10H,4H2,1-3H3,(H,17,20). The van der Waals surface area contributed by atoms with Crippen molar-refractivity contribution < 1.29 is 4.79 Å². The number of hydrogen-bond donors (Lipinski definition) is 1. The van der Waals surface area contributed by atoms with Crippen LogP contribution in [0.4, 0.5) is 0 Å². The van der Waals surface area contributed by atoms with Crippen LogP contribution in [0.3, 0.4) is 0 Å². The largest absolute Gasteiger partial charge is 0.348 e. The van der Waals surface area contributed by atoms with Crippen molar-refractivity contribution in [3.63, 3.8) is 0 Å². The number of halogens is 1. The Bertz CT molecular complexity index is 604. The molecule has 0 radical (unpaired) electrons. The quantitative estimate of drug-likeness (QED) is 0.939. The van der Waals surface area contributed by atoms with Crippen molar-refractivity contribution in [2.75, 3.05) is 0 Å². The van der Waals surface area contributed by atoms with Gasteiger partial charge in [0.05, 0.1) is 5.69 Å². The summed E-state index contributed by atoms with van der Waals surface area (Å²) in [5.74, 6) is -0.143. The van der Waals surface area contributed by atoms with Gasteiger partial charge in [0, 0.05) is 16.8 Å². The van der Waals surface area contributed by atoms with E-state index in [2.05, 4.69) is 10.4 Å². The van der Waals surface area contributed by atoms with Gasteiger partial charge in [0.15, 0.2) is 5.69 Å². The van der Waals surface area contributed by atoms with Gasteiger partial charge in [-0.05, 0) is 50.6 Å². The number of rotatable bonds is 4. The number of hydrogen-bond acceptors (Lipinski definition) is 2. The van der Waals surface area contributed by atoms with Crippen molar-refractivity contribution in [3.8, 4) is 5.69 Å². The van der Waals surface area contributed by atoms with Gasteiger partial charge in [0.25, 0.3) is 5.91 Å². The van der Waals surface area contributed by atoms with E-state index < -0.39 is 0 Å². The molecule has 1 aromatic carbocycles. The number of carbonyl (C=O) groups is 1.